The maximum atomic E-state index is 13.9. The molecule has 2 aromatic carbocycles. The monoisotopic (exact) mass is 628 g/mol. The summed E-state index contributed by atoms with van der Waals surface area (Å²) in [4.78, 5) is 34.5. The molecular weight excluding hydrogens is 603 g/mol. The van der Waals surface area contributed by atoms with E-state index < -0.39 is 17.6 Å². The number of aromatic nitrogens is 3. The highest BCUT2D eigenvalue weighted by Gasteiger charge is 2.30. The normalized spacial score (nSPS) is 14.0. The number of nitrogens with one attached hydrogen (secondary N) is 1. The Morgan fingerprint density at radius 3 is 2.55 bits per heavy atom. The maximum absolute atomic E-state index is 13.9. The number of aromatic carboxylic acids is 1. The molecule has 4 aromatic heterocycles. The molecule has 0 unspecified atom stereocenters. The van der Waals surface area contributed by atoms with Gasteiger partial charge in [-0.2, -0.15) is 0 Å². The molecule has 0 spiro atoms. The van der Waals surface area contributed by atoms with Gasteiger partial charge in [-0.1, -0.05) is 31.4 Å². The second kappa shape index (κ2) is 11.5. The van der Waals surface area contributed by atoms with Gasteiger partial charge in [-0.3, -0.25) is 4.79 Å². The fourth-order valence-corrected chi connectivity index (χ4v) is 7.85. The van der Waals surface area contributed by atoms with Crippen molar-refractivity contribution in [2.45, 2.75) is 44.6 Å². The number of hydrogen-bond acceptors (Lipinski definition) is 6. The van der Waals surface area contributed by atoms with Crippen molar-refractivity contribution < 1.29 is 23.5 Å². The van der Waals surface area contributed by atoms with Gasteiger partial charge in [0, 0.05) is 22.5 Å². The molecule has 7 rings (SSSR count). The Kier molecular flexibility index (Phi) is 7.43. The number of halogens is 2. The lowest BCUT2D eigenvalue weighted by Crippen LogP contribution is -2.19. The number of rotatable bonds is 7. The van der Waals surface area contributed by atoms with E-state index in [1.807, 2.05) is 28.8 Å². The number of carboxylic acids is 1. The second-order valence-corrected chi connectivity index (χ2v) is 12.9. The van der Waals surface area contributed by atoms with Crippen molar-refractivity contribution >= 4 is 60.8 Å². The van der Waals surface area contributed by atoms with Crippen LogP contribution in [0.5, 0.6) is 0 Å². The summed E-state index contributed by atoms with van der Waals surface area (Å²) in [6, 6.07) is 14.9. The Bertz CT molecular complexity index is 2050. The predicted molar refractivity (Wildman–Crippen MR) is 169 cm³/mol. The number of carbonyl (C=O) groups is 2. The summed E-state index contributed by atoms with van der Waals surface area (Å²) in [5.41, 5.74) is 5.29. The smallest absolute Gasteiger partial charge is 0.345 e. The molecule has 0 aliphatic heterocycles. The molecule has 11 heteroatoms. The molecule has 1 aliphatic rings. The first-order valence-corrected chi connectivity index (χ1v) is 16.0. The Hall–Kier alpha value is -4.48. The minimum Gasteiger partial charge on any atom is -0.477 e. The summed E-state index contributed by atoms with van der Waals surface area (Å²) in [5.74, 6) is -2.86. The average Bonchev–Trinajstić information content (AvgIpc) is 3.76. The van der Waals surface area contributed by atoms with Crippen molar-refractivity contribution in [2.75, 3.05) is 5.32 Å². The Morgan fingerprint density at radius 1 is 0.977 bits per heavy atom. The van der Waals surface area contributed by atoms with Gasteiger partial charge < -0.3 is 15.0 Å². The van der Waals surface area contributed by atoms with Crippen LogP contribution in [0.15, 0.2) is 66.2 Å². The van der Waals surface area contributed by atoms with E-state index in [0.717, 1.165) is 70.2 Å². The molecule has 0 atom stereocenters. The SMILES string of the molecule is O=C(Cn1c(-c2ccc3nc(-c4ccc(F)c(F)c4)ccc3c2)c(C2CCCCC2)c2sc(C(=O)O)cc21)Nc1nccs1. The van der Waals surface area contributed by atoms with Crippen LogP contribution < -0.4 is 5.32 Å². The number of thiazole rings is 1. The first-order valence-electron chi connectivity index (χ1n) is 14.3. The lowest BCUT2D eigenvalue weighted by molar-refractivity contribution is -0.116. The van der Waals surface area contributed by atoms with E-state index in [1.54, 1.807) is 23.7 Å². The van der Waals surface area contributed by atoms with Crippen LogP contribution in [0.1, 0.15) is 53.3 Å². The van der Waals surface area contributed by atoms with Crippen molar-refractivity contribution in [3.05, 3.63) is 88.2 Å². The third-order valence-electron chi connectivity index (χ3n) is 8.16. The molecule has 1 fully saturated rings. The lowest BCUT2D eigenvalue weighted by atomic mass is 9.83. The molecular formula is C33H26F2N4O3S2. The average molecular weight is 629 g/mol. The third kappa shape index (κ3) is 5.26. The van der Waals surface area contributed by atoms with Crippen LogP contribution in [-0.4, -0.2) is 31.5 Å². The highest BCUT2D eigenvalue weighted by Crippen LogP contribution is 2.47. The first-order chi connectivity index (χ1) is 21.4. The highest BCUT2D eigenvalue weighted by molar-refractivity contribution is 7.21. The van der Waals surface area contributed by atoms with E-state index in [2.05, 4.69) is 10.3 Å². The molecule has 1 saturated carbocycles. The molecule has 0 saturated heterocycles. The number of amides is 1. The minimum atomic E-state index is -0.991. The summed E-state index contributed by atoms with van der Waals surface area (Å²) in [7, 11) is 0. The number of pyridine rings is 1. The molecule has 44 heavy (non-hydrogen) atoms. The van der Waals surface area contributed by atoms with Gasteiger partial charge in [-0.25, -0.2) is 23.5 Å². The van der Waals surface area contributed by atoms with Gasteiger partial charge in [0.1, 0.15) is 11.4 Å². The van der Waals surface area contributed by atoms with E-state index in [4.69, 9.17) is 4.98 Å². The van der Waals surface area contributed by atoms with Crippen LogP contribution in [0.2, 0.25) is 0 Å². The van der Waals surface area contributed by atoms with Gasteiger partial charge in [0.25, 0.3) is 0 Å². The molecule has 7 nitrogen and oxygen atoms in total. The minimum absolute atomic E-state index is 0.0146. The number of nitrogens with zero attached hydrogens (tertiary/aromatic N) is 3. The molecule has 4 heterocycles. The van der Waals surface area contributed by atoms with Crippen molar-refractivity contribution in [1.82, 2.24) is 14.5 Å². The molecule has 0 radical (unpaired) electrons. The van der Waals surface area contributed by atoms with E-state index in [1.165, 1.54) is 35.2 Å². The molecule has 1 amide bonds. The summed E-state index contributed by atoms with van der Waals surface area (Å²) >= 11 is 2.59. The van der Waals surface area contributed by atoms with Gasteiger partial charge in [-0.15, -0.1) is 22.7 Å². The number of carboxylic acid groups (broad SMARTS) is 1. The standard InChI is InChI=1S/C33H26F2N4O3S2/c34-22-9-6-20(15-23(22)35)25-10-7-19-14-21(8-11-24(19)37-25)30-29(18-4-2-1-3-5-18)31-26(16-27(44-31)32(41)42)39(30)17-28(40)38-33-36-12-13-43-33/h6-16,18H,1-5,17H2,(H,41,42)(H,36,38,40). The summed E-state index contributed by atoms with van der Waals surface area (Å²) in [6.45, 7) is -0.0146. The van der Waals surface area contributed by atoms with Gasteiger partial charge in [-0.05, 0) is 72.4 Å². The number of benzene rings is 2. The van der Waals surface area contributed by atoms with Crippen LogP contribution >= 0.6 is 22.7 Å². The first kappa shape index (κ1) is 28.3. The molecule has 2 N–H and O–H groups in total. The second-order valence-electron chi connectivity index (χ2n) is 10.9. The molecule has 6 aromatic rings. The summed E-state index contributed by atoms with van der Waals surface area (Å²) < 4.78 is 30.3. The Balaban J connectivity index is 1.38. The third-order valence-corrected chi connectivity index (χ3v) is 9.99. The van der Waals surface area contributed by atoms with Gasteiger partial charge in [0.2, 0.25) is 5.91 Å². The van der Waals surface area contributed by atoms with Crippen LogP contribution in [-0.2, 0) is 11.3 Å². The zero-order chi connectivity index (χ0) is 30.4. The molecule has 1 aliphatic carbocycles. The van der Waals surface area contributed by atoms with Gasteiger partial charge in [0.05, 0.1) is 27.1 Å². The van der Waals surface area contributed by atoms with Crippen molar-refractivity contribution in [3.63, 3.8) is 0 Å². The number of thiophene rings is 1. The van der Waals surface area contributed by atoms with Crippen LogP contribution in [0, 0.1) is 11.6 Å². The van der Waals surface area contributed by atoms with Gasteiger partial charge >= 0.3 is 5.97 Å². The quantitative estimate of drug-likeness (QED) is 0.184. The molecule has 222 valence electrons. The topological polar surface area (TPSA) is 97.1 Å². The van der Waals surface area contributed by atoms with E-state index >= 15 is 0 Å². The van der Waals surface area contributed by atoms with Crippen LogP contribution in [0.3, 0.4) is 0 Å². The largest absolute Gasteiger partial charge is 0.477 e. The van der Waals surface area contributed by atoms with Crippen molar-refractivity contribution in [3.8, 4) is 22.5 Å². The molecule has 0 bridgehead atoms. The fourth-order valence-electron chi connectivity index (χ4n) is 6.18. The maximum Gasteiger partial charge on any atom is 0.345 e. The Morgan fingerprint density at radius 2 is 1.80 bits per heavy atom. The van der Waals surface area contributed by atoms with Crippen LogP contribution in [0.4, 0.5) is 13.9 Å². The van der Waals surface area contributed by atoms with E-state index in [-0.39, 0.29) is 23.2 Å². The van der Waals surface area contributed by atoms with E-state index in [9.17, 15) is 23.5 Å². The van der Waals surface area contributed by atoms with Crippen molar-refractivity contribution in [1.29, 1.82) is 0 Å². The van der Waals surface area contributed by atoms with Gasteiger partial charge in [0.15, 0.2) is 16.8 Å². The predicted octanol–water partition coefficient (Wildman–Crippen LogP) is 8.70. The van der Waals surface area contributed by atoms with E-state index in [0.29, 0.717) is 21.9 Å². The Labute approximate surface area is 258 Å². The van der Waals surface area contributed by atoms with Crippen molar-refractivity contribution in [2.24, 2.45) is 0 Å². The number of fused-ring (bicyclic) bond motifs is 2. The summed E-state index contributed by atoms with van der Waals surface area (Å²) in [5, 5.41) is 15.9. The number of anilines is 1. The summed E-state index contributed by atoms with van der Waals surface area (Å²) in [6.07, 6.45) is 6.95. The van der Waals surface area contributed by atoms with Crippen LogP contribution in [0.25, 0.3) is 43.6 Å². The lowest BCUT2D eigenvalue weighted by Gasteiger charge is -2.23. The number of hydrogen-bond donors (Lipinski definition) is 2. The number of carbonyl (C=O) groups excluding carboxylic acids is 1. The fraction of sp³-hybridized carbons (Fsp3) is 0.212. The zero-order valence-corrected chi connectivity index (χ0v) is 25.0. The zero-order valence-electron chi connectivity index (χ0n) is 23.3. The highest BCUT2D eigenvalue weighted by atomic mass is 32.1.